The van der Waals surface area contributed by atoms with E-state index in [1.165, 1.54) is 16.7 Å². The maximum atomic E-state index is 6.12. The zero-order chi connectivity index (χ0) is 12.4. The van der Waals surface area contributed by atoms with E-state index in [2.05, 4.69) is 36.4 Å². The Balaban J connectivity index is 2.04. The first-order valence-electron chi connectivity index (χ1n) is 6.37. The Labute approximate surface area is 107 Å². The minimum Gasteiger partial charge on any atom is -0.364 e. The van der Waals surface area contributed by atoms with Crippen LogP contribution in [-0.4, -0.2) is 12.6 Å². The molecule has 2 heteroatoms. The van der Waals surface area contributed by atoms with Gasteiger partial charge in [0.1, 0.15) is 6.10 Å². The van der Waals surface area contributed by atoms with Gasteiger partial charge in [0.25, 0.3) is 0 Å². The van der Waals surface area contributed by atoms with E-state index in [0.29, 0.717) is 6.54 Å². The molecule has 2 atom stereocenters. The Kier molecular flexibility index (Phi) is 3.13. The van der Waals surface area contributed by atoms with Crippen molar-refractivity contribution in [2.24, 2.45) is 5.73 Å². The maximum Gasteiger partial charge on any atom is 0.108 e. The Morgan fingerprint density at radius 3 is 2.50 bits per heavy atom. The zero-order valence-electron chi connectivity index (χ0n) is 10.3. The maximum absolute atomic E-state index is 6.12. The highest BCUT2D eigenvalue weighted by atomic mass is 16.5. The highest BCUT2D eigenvalue weighted by Gasteiger charge is 2.27. The molecule has 0 amide bonds. The number of benzene rings is 2. The van der Waals surface area contributed by atoms with E-state index in [1.807, 2.05) is 18.2 Å². The van der Waals surface area contributed by atoms with Crippen molar-refractivity contribution in [3.8, 4) is 0 Å². The summed E-state index contributed by atoms with van der Waals surface area (Å²) < 4.78 is 6.12. The van der Waals surface area contributed by atoms with Gasteiger partial charge in [-0.3, -0.25) is 0 Å². The summed E-state index contributed by atoms with van der Waals surface area (Å²) in [7, 11) is 0. The summed E-state index contributed by atoms with van der Waals surface area (Å²) in [5.74, 6) is 0. The van der Waals surface area contributed by atoms with Crippen LogP contribution in [0.15, 0.2) is 54.6 Å². The summed E-state index contributed by atoms with van der Waals surface area (Å²) in [6.07, 6.45) is 1.05. The van der Waals surface area contributed by atoms with E-state index in [9.17, 15) is 0 Å². The van der Waals surface area contributed by atoms with Crippen LogP contribution in [0.1, 0.15) is 22.8 Å². The first kappa shape index (κ1) is 11.5. The lowest BCUT2D eigenvalue weighted by molar-refractivity contribution is 0.00165. The van der Waals surface area contributed by atoms with E-state index < -0.39 is 0 Å². The van der Waals surface area contributed by atoms with Crippen molar-refractivity contribution < 1.29 is 4.74 Å². The Morgan fingerprint density at radius 1 is 1.00 bits per heavy atom. The van der Waals surface area contributed by atoms with Crippen LogP contribution in [0.5, 0.6) is 0 Å². The van der Waals surface area contributed by atoms with Gasteiger partial charge in [-0.05, 0) is 16.7 Å². The fourth-order valence-corrected chi connectivity index (χ4v) is 2.56. The summed E-state index contributed by atoms with van der Waals surface area (Å²) in [5, 5.41) is 0. The molecular formula is C16H17NO. The van der Waals surface area contributed by atoms with Gasteiger partial charge in [-0.1, -0.05) is 54.6 Å². The quantitative estimate of drug-likeness (QED) is 0.874. The molecule has 1 heterocycles. The van der Waals surface area contributed by atoms with Crippen LogP contribution in [-0.2, 0) is 11.2 Å². The van der Waals surface area contributed by atoms with Crippen LogP contribution in [0.25, 0.3) is 0 Å². The monoisotopic (exact) mass is 239 g/mol. The molecule has 1 aliphatic heterocycles. The van der Waals surface area contributed by atoms with Gasteiger partial charge in [-0.25, -0.2) is 0 Å². The van der Waals surface area contributed by atoms with Crippen LogP contribution >= 0.6 is 0 Å². The molecule has 92 valence electrons. The predicted molar refractivity (Wildman–Crippen MR) is 72.4 cm³/mol. The van der Waals surface area contributed by atoms with Crippen molar-refractivity contribution in [2.45, 2.75) is 18.6 Å². The number of rotatable bonds is 2. The summed E-state index contributed by atoms with van der Waals surface area (Å²) >= 11 is 0. The van der Waals surface area contributed by atoms with E-state index in [4.69, 9.17) is 10.5 Å². The van der Waals surface area contributed by atoms with Crippen molar-refractivity contribution in [3.05, 3.63) is 71.3 Å². The first-order valence-corrected chi connectivity index (χ1v) is 6.37. The topological polar surface area (TPSA) is 35.2 Å². The lowest BCUT2D eigenvalue weighted by Crippen LogP contribution is -2.32. The van der Waals surface area contributed by atoms with Gasteiger partial charge in [-0.2, -0.15) is 0 Å². The average Bonchev–Trinajstić information content (AvgIpc) is 2.47. The van der Waals surface area contributed by atoms with Gasteiger partial charge in [0.05, 0.1) is 6.10 Å². The molecule has 0 aromatic heterocycles. The van der Waals surface area contributed by atoms with Gasteiger partial charge < -0.3 is 10.5 Å². The number of hydrogen-bond donors (Lipinski definition) is 1. The molecule has 0 aliphatic carbocycles. The first-order chi connectivity index (χ1) is 8.88. The lowest BCUT2D eigenvalue weighted by atomic mass is 9.90. The summed E-state index contributed by atoms with van der Waals surface area (Å²) in [5.41, 5.74) is 9.60. The summed E-state index contributed by atoms with van der Waals surface area (Å²) in [4.78, 5) is 0. The predicted octanol–water partition coefficient (Wildman–Crippen LogP) is 2.68. The number of ether oxygens (including phenoxy) is 1. The average molecular weight is 239 g/mol. The van der Waals surface area contributed by atoms with Crippen molar-refractivity contribution in [1.29, 1.82) is 0 Å². The molecule has 18 heavy (non-hydrogen) atoms. The molecule has 0 spiro atoms. The van der Waals surface area contributed by atoms with E-state index >= 15 is 0 Å². The van der Waals surface area contributed by atoms with Crippen molar-refractivity contribution in [2.75, 3.05) is 6.54 Å². The fraction of sp³-hybridized carbons (Fsp3) is 0.250. The van der Waals surface area contributed by atoms with Gasteiger partial charge in [0, 0.05) is 13.0 Å². The van der Waals surface area contributed by atoms with Gasteiger partial charge >= 0.3 is 0 Å². The second kappa shape index (κ2) is 4.92. The van der Waals surface area contributed by atoms with E-state index in [1.54, 1.807) is 0 Å². The molecule has 2 aromatic carbocycles. The Morgan fingerprint density at radius 2 is 1.72 bits per heavy atom. The van der Waals surface area contributed by atoms with E-state index in [0.717, 1.165) is 6.42 Å². The molecule has 0 fully saturated rings. The minimum atomic E-state index is 0.0182. The number of fused-ring (bicyclic) bond motifs is 1. The molecule has 0 radical (unpaired) electrons. The van der Waals surface area contributed by atoms with Crippen molar-refractivity contribution in [1.82, 2.24) is 0 Å². The molecule has 2 aromatic rings. The van der Waals surface area contributed by atoms with E-state index in [-0.39, 0.29) is 12.2 Å². The lowest BCUT2D eigenvalue weighted by Gasteiger charge is -2.32. The van der Waals surface area contributed by atoms with Crippen molar-refractivity contribution in [3.63, 3.8) is 0 Å². The van der Waals surface area contributed by atoms with Crippen LogP contribution < -0.4 is 5.73 Å². The Bertz CT molecular complexity index is 524. The van der Waals surface area contributed by atoms with Crippen LogP contribution in [0, 0.1) is 0 Å². The van der Waals surface area contributed by atoms with Gasteiger partial charge in [0.15, 0.2) is 0 Å². The molecule has 2 unspecified atom stereocenters. The normalized spacial score (nSPS) is 22.5. The second-order valence-corrected chi connectivity index (χ2v) is 4.69. The third kappa shape index (κ3) is 2.05. The van der Waals surface area contributed by atoms with Crippen LogP contribution in [0.2, 0.25) is 0 Å². The number of nitrogens with two attached hydrogens (primary N) is 1. The van der Waals surface area contributed by atoms with Crippen LogP contribution in [0.3, 0.4) is 0 Å². The molecule has 0 saturated carbocycles. The molecule has 1 aliphatic rings. The zero-order valence-corrected chi connectivity index (χ0v) is 10.3. The molecule has 3 rings (SSSR count). The largest absolute Gasteiger partial charge is 0.364 e. The van der Waals surface area contributed by atoms with Gasteiger partial charge in [0.2, 0.25) is 0 Å². The fourth-order valence-electron chi connectivity index (χ4n) is 2.56. The smallest absolute Gasteiger partial charge is 0.108 e. The molecule has 0 bridgehead atoms. The molecule has 2 nitrogen and oxygen atoms in total. The molecular weight excluding hydrogens is 222 g/mol. The standard InChI is InChI=1S/C16H17NO/c17-11-14-10-13-8-4-5-9-15(13)16(18-14)12-6-2-1-3-7-12/h1-9,14,16H,10-11,17H2. The minimum absolute atomic E-state index is 0.0182. The Hall–Kier alpha value is -1.64. The third-order valence-corrected chi connectivity index (χ3v) is 3.48. The number of hydrogen-bond acceptors (Lipinski definition) is 2. The van der Waals surface area contributed by atoms with Crippen molar-refractivity contribution >= 4 is 0 Å². The van der Waals surface area contributed by atoms with Gasteiger partial charge in [-0.15, -0.1) is 0 Å². The summed E-state index contributed by atoms with van der Waals surface area (Å²) in [6, 6.07) is 18.8. The highest BCUT2D eigenvalue weighted by molar-refractivity contribution is 5.38. The SMILES string of the molecule is NCC1Cc2ccccc2C(c2ccccc2)O1. The summed E-state index contributed by atoms with van der Waals surface area (Å²) in [6.45, 7) is 0.567. The third-order valence-electron chi connectivity index (χ3n) is 3.48. The molecule has 2 N–H and O–H groups in total. The molecule has 0 saturated heterocycles. The highest BCUT2D eigenvalue weighted by Crippen LogP contribution is 2.34. The van der Waals surface area contributed by atoms with Crippen LogP contribution in [0.4, 0.5) is 0 Å². The second-order valence-electron chi connectivity index (χ2n) is 4.69.